The van der Waals surface area contributed by atoms with Crippen LogP contribution in [0.25, 0.3) is 11.1 Å². The Labute approximate surface area is 440 Å². The van der Waals surface area contributed by atoms with E-state index in [4.69, 9.17) is 0 Å². The molecule has 0 saturated carbocycles. The third-order valence-corrected chi connectivity index (χ3v) is 14.4. The molecule has 0 saturated heterocycles. The van der Waals surface area contributed by atoms with E-state index in [9.17, 15) is 0 Å². The summed E-state index contributed by atoms with van der Waals surface area (Å²) in [6.07, 6.45) is 0. The lowest BCUT2D eigenvalue weighted by Crippen LogP contribution is -2.16. The second-order valence-electron chi connectivity index (χ2n) is 20.3. The average Bonchev–Trinajstić information content (AvgIpc) is 3.41. The molecule has 4 heteroatoms. The monoisotopic (exact) mass is 963 g/mol. The van der Waals surface area contributed by atoms with Gasteiger partial charge in [0.25, 0.3) is 0 Å². The van der Waals surface area contributed by atoms with Gasteiger partial charge in [-0.3, -0.25) is 0 Å². The number of hydrogen-bond donors (Lipinski definition) is 0. The fourth-order valence-corrected chi connectivity index (χ4v) is 9.95. The Bertz CT molecular complexity index is 3120. The molecular formula is C70H66N4. The van der Waals surface area contributed by atoms with Gasteiger partial charge in [0.2, 0.25) is 0 Å². The van der Waals surface area contributed by atoms with Gasteiger partial charge in [-0.15, -0.1) is 0 Å². The third-order valence-electron chi connectivity index (χ3n) is 14.4. The van der Waals surface area contributed by atoms with Crippen LogP contribution >= 0.6 is 0 Å². The summed E-state index contributed by atoms with van der Waals surface area (Å²) in [6.45, 7) is 21.9. The Balaban J connectivity index is 1.35. The first-order valence-corrected chi connectivity index (χ1v) is 25.8. The van der Waals surface area contributed by atoms with Crippen molar-refractivity contribution in [1.29, 1.82) is 0 Å². The van der Waals surface area contributed by atoms with Gasteiger partial charge < -0.3 is 19.6 Å². The molecule has 0 atom stereocenters. The van der Waals surface area contributed by atoms with Crippen LogP contribution in [-0.2, 0) is 0 Å². The third kappa shape index (κ3) is 10.2. The lowest BCUT2D eigenvalue weighted by atomic mass is 9.91. The summed E-state index contributed by atoms with van der Waals surface area (Å²) < 4.78 is 0. The maximum Gasteiger partial charge on any atom is 0.0517 e. The van der Waals surface area contributed by atoms with Crippen LogP contribution in [0.1, 0.15) is 55.6 Å². The molecule has 0 aliphatic rings. The van der Waals surface area contributed by atoms with Crippen LogP contribution in [0.3, 0.4) is 0 Å². The number of benzene rings is 10. The molecule has 10 rings (SSSR count). The van der Waals surface area contributed by atoms with Gasteiger partial charge in [0.1, 0.15) is 0 Å². The summed E-state index contributed by atoms with van der Waals surface area (Å²) in [7, 11) is 0. The predicted octanol–water partition coefficient (Wildman–Crippen LogP) is 20.3. The molecular weight excluding hydrogens is 897 g/mol. The fourth-order valence-electron chi connectivity index (χ4n) is 9.95. The van der Waals surface area contributed by atoms with Gasteiger partial charge >= 0.3 is 0 Å². The van der Waals surface area contributed by atoms with E-state index in [2.05, 4.69) is 307 Å². The van der Waals surface area contributed by atoms with E-state index in [0.717, 1.165) is 90.5 Å². The van der Waals surface area contributed by atoms with E-state index >= 15 is 0 Å². The minimum atomic E-state index is 1.05. The second-order valence-corrected chi connectivity index (χ2v) is 20.3. The topological polar surface area (TPSA) is 13.0 Å². The Morgan fingerprint density at radius 2 is 0.338 bits per heavy atom. The largest absolute Gasteiger partial charge is 0.310 e. The van der Waals surface area contributed by atoms with Crippen molar-refractivity contribution in [3.05, 3.63) is 274 Å². The maximum absolute atomic E-state index is 2.44. The Kier molecular flexibility index (Phi) is 13.8. The quantitative estimate of drug-likeness (QED) is 0.114. The summed E-state index contributed by atoms with van der Waals surface area (Å²) in [5.41, 5.74) is 27.2. The van der Waals surface area contributed by atoms with E-state index in [1.165, 1.54) is 44.5 Å². The molecule has 0 N–H and O–H groups in total. The van der Waals surface area contributed by atoms with Crippen LogP contribution in [0.4, 0.5) is 68.2 Å². The van der Waals surface area contributed by atoms with E-state index in [0.29, 0.717) is 0 Å². The first-order chi connectivity index (χ1) is 35.8. The van der Waals surface area contributed by atoms with Crippen molar-refractivity contribution in [1.82, 2.24) is 0 Å². The molecule has 0 aliphatic heterocycles. The number of aryl methyl sites for hydroxylation is 8. The predicted molar refractivity (Wildman–Crippen MR) is 318 cm³/mol. The fraction of sp³-hybridized carbons (Fsp3) is 0.143. The van der Waals surface area contributed by atoms with Crippen molar-refractivity contribution >= 4 is 68.2 Å². The molecule has 10 aromatic carbocycles. The van der Waals surface area contributed by atoms with Crippen LogP contribution in [0.15, 0.2) is 218 Å². The molecule has 0 radical (unpaired) electrons. The summed E-state index contributed by atoms with van der Waals surface area (Å²) >= 11 is 0. The molecule has 0 amide bonds. The lowest BCUT2D eigenvalue weighted by Gasteiger charge is -2.34. The molecule has 366 valence electrons. The standard InChI is InChI=1S/C70H66N4/c1-47-11-27-57(28-12-47)71(58-29-13-48(2)14-30-58)65-43-67(55(9)69(45-65)73(61-35-19-51(5)20-36-61)62-37-21-52(6)22-38-62)68-44-66(72(59-31-15-49(3)16-32-59)60-33-17-50(4)18-34-60)46-70(56(68)10)74(63-39-23-53(7)24-40-63)64-41-25-54(8)26-42-64/h11-46H,1-10H3. The highest BCUT2D eigenvalue weighted by molar-refractivity contribution is 5.95. The van der Waals surface area contributed by atoms with Gasteiger partial charge in [0.05, 0.1) is 11.4 Å². The zero-order chi connectivity index (χ0) is 51.6. The van der Waals surface area contributed by atoms with E-state index in [1.54, 1.807) is 0 Å². The highest BCUT2D eigenvalue weighted by Crippen LogP contribution is 2.50. The highest BCUT2D eigenvalue weighted by Gasteiger charge is 2.27. The van der Waals surface area contributed by atoms with Crippen molar-refractivity contribution in [2.24, 2.45) is 0 Å². The van der Waals surface area contributed by atoms with Gasteiger partial charge in [0.15, 0.2) is 0 Å². The van der Waals surface area contributed by atoms with Crippen LogP contribution in [0.2, 0.25) is 0 Å². The molecule has 74 heavy (non-hydrogen) atoms. The molecule has 0 bridgehead atoms. The molecule has 0 unspecified atom stereocenters. The maximum atomic E-state index is 2.44. The molecule has 10 aromatic rings. The van der Waals surface area contributed by atoms with E-state index in [-0.39, 0.29) is 0 Å². The van der Waals surface area contributed by atoms with Crippen molar-refractivity contribution < 1.29 is 0 Å². The van der Waals surface area contributed by atoms with Crippen molar-refractivity contribution in [2.45, 2.75) is 69.2 Å². The van der Waals surface area contributed by atoms with Gasteiger partial charge in [-0.25, -0.2) is 0 Å². The van der Waals surface area contributed by atoms with Gasteiger partial charge in [-0.05, 0) is 213 Å². The Morgan fingerprint density at radius 1 is 0.176 bits per heavy atom. The van der Waals surface area contributed by atoms with Crippen LogP contribution in [-0.4, -0.2) is 0 Å². The van der Waals surface area contributed by atoms with E-state index in [1.807, 2.05) is 0 Å². The first-order valence-electron chi connectivity index (χ1n) is 25.8. The minimum absolute atomic E-state index is 1.05. The number of rotatable bonds is 13. The van der Waals surface area contributed by atoms with Gasteiger partial charge in [-0.2, -0.15) is 0 Å². The Hall–Kier alpha value is -8.60. The summed E-state index contributed by atoms with van der Waals surface area (Å²) in [5.74, 6) is 0. The zero-order valence-corrected chi connectivity index (χ0v) is 44.6. The number of hydrogen-bond acceptors (Lipinski definition) is 4. The van der Waals surface area contributed by atoms with Crippen LogP contribution in [0, 0.1) is 69.2 Å². The van der Waals surface area contributed by atoms with Gasteiger partial charge in [0, 0.05) is 56.9 Å². The number of anilines is 12. The lowest BCUT2D eigenvalue weighted by molar-refractivity contribution is 1.20. The zero-order valence-electron chi connectivity index (χ0n) is 44.6. The summed E-state index contributed by atoms with van der Waals surface area (Å²) in [6, 6.07) is 81.2. The first kappa shape index (κ1) is 49.0. The van der Waals surface area contributed by atoms with Crippen molar-refractivity contribution in [3.63, 3.8) is 0 Å². The van der Waals surface area contributed by atoms with Crippen LogP contribution in [0.5, 0.6) is 0 Å². The molecule has 0 fully saturated rings. The average molecular weight is 963 g/mol. The molecule has 0 heterocycles. The number of nitrogens with zero attached hydrogens (tertiary/aromatic N) is 4. The normalized spacial score (nSPS) is 11.1. The van der Waals surface area contributed by atoms with Gasteiger partial charge in [-0.1, -0.05) is 142 Å². The SMILES string of the molecule is Cc1ccc(N(c2ccc(C)cc2)c2cc(-c3cc(N(c4ccc(C)cc4)c4ccc(C)cc4)cc(N(c4ccc(C)cc4)c4ccc(C)cc4)c3C)c(C)c(N(c3ccc(C)cc3)c3ccc(C)cc3)c2)cc1. The molecule has 0 aromatic heterocycles. The summed E-state index contributed by atoms with van der Waals surface area (Å²) in [5, 5.41) is 0. The smallest absolute Gasteiger partial charge is 0.0517 e. The van der Waals surface area contributed by atoms with E-state index < -0.39 is 0 Å². The molecule has 0 spiro atoms. The summed E-state index contributed by atoms with van der Waals surface area (Å²) in [4.78, 5) is 9.73. The van der Waals surface area contributed by atoms with Crippen molar-refractivity contribution in [2.75, 3.05) is 19.6 Å². The molecule has 4 nitrogen and oxygen atoms in total. The minimum Gasteiger partial charge on any atom is -0.310 e. The Morgan fingerprint density at radius 3 is 0.514 bits per heavy atom. The second kappa shape index (κ2) is 20.9. The van der Waals surface area contributed by atoms with Crippen molar-refractivity contribution in [3.8, 4) is 11.1 Å². The highest BCUT2D eigenvalue weighted by atomic mass is 15.2. The van der Waals surface area contributed by atoms with Crippen LogP contribution < -0.4 is 19.6 Å². The molecule has 0 aliphatic carbocycles.